The number of aromatic hydroxyl groups is 1. The summed E-state index contributed by atoms with van der Waals surface area (Å²) in [5.41, 5.74) is -0.799. The summed E-state index contributed by atoms with van der Waals surface area (Å²) in [7, 11) is 0. The number of phenolic OH excluding ortho intramolecular Hbond substituents is 1. The van der Waals surface area contributed by atoms with Crippen molar-refractivity contribution in [3.63, 3.8) is 0 Å². The molecule has 1 fully saturated rings. The lowest BCUT2D eigenvalue weighted by Crippen LogP contribution is -2.48. The van der Waals surface area contributed by atoms with Crippen molar-refractivity contribution in [1.29, 1.82) is 0 Å². The van der Waals surface area contributed by atoms with Crippen molar-refractivity contribution in [1.82, 2.24) is 4.90 Å². The van der Waals surface area contributed by atoms with Gasteiger partial charge < -0.3 is 15.1 Å². The van der Waals surface area contributed by atoms with Crippen LogP contribution in [-0.2, 0) is 0 Å². The molecule has 0 aliphatic carbocycles. The Balaban J connectivity index is 2.06. The molecule has 1 aliphatic rings. The third kappa shape index (κ3) is 2.77. The van der Waals surface area contributed by atoms with E-state index in [4.69, 9.17) is 11.6 Å². The van der Waals surface area contributed by atoms with Crippen LogP contribution in [0.1, 0.15) is 37.0 Å². The zero-order valence-corrected chi connectivity index (χ0v) is 14.0. The molecule has 1 heterocycles. The first-order chi connectivity index (χ1) is 10.8. The SMILES string of the molecule is CC(C)(O)C1CCCN1C(=O)c1cc(Cl)c2ccccc2c1O. The number of phenols is 1. The summed E-state index contributed by atoms with van der Waals surface area (Å²) in [6.45, 7) is 3.98. The average Bonchev–Trinajstić information content (AvgIpc) is 3.00. The molecule has 1 saturated heterocycles. The first-order valence-electron chi connectivity index (χ1n) is 7.74. The monoisotopic (exact) mass is 333 g/mol. The second kappa shape index (κ2) is 5.69. The molecule has 5 heteroatoms. The van der Waals surface area contributed by atoms with Crippen LogP contribution in [0.5, 0.6) is 5.75 Å². The van der Waals surface area contributed by atoms with E-state index in [1.165, 1.54) is 6.07 Å². The topological polar surface area (TPSA) is 60.8 Å². The van der Waals surface area contributed by atoms with Crippen molar-refractivity contribution >= 4 is 28.3 Å². The highest BCUT2D eigenvalue weighted by Gasteiger charge is 2.39. The summed E-state index contributed by atoms with van der Waals surface area (Å²) in [6.07, 6.45) is 1.58. The summed E-state index contributed by atoms with van der Waals surface area (Å²) in [5, 5.41) is 22.5. The standard InChI is InChI=1S/C18H20ClNO3/c1-18(2,23)15-8-5-9-20(15)17(22)13-10-14(19)11-6-3-4-7-12(11)16(13)21/h3-4,6-7,10,15,21,23H,5,8-9H2,1-2H3. The Morgan fingerprint density at radius 1 is 1.30 bits per heavy atom. The number of likely N-dealkylation sites (tertiary alicyclic amines) is 1. The van der Waals surface area contributed by atoms with Crippen molar-refractivity contribution < 1.29 is 15.0 Å². The van der Waals surface area contributed by atoms with Gasteiger partial charge >= 0.3 is 0 Å². The van der Waals surface area contributed by atoms with Crippen LogP contribution < -0.4 is 0 Å². The fourth-order valence-corrected chi connectivity index (χ4v) is 3.65. The molecule has 4 nitrogen and oxygen atoms in total. The molecule has 122 valence electrons. The molecule has 1 aliphatic heterocycles. The summed E-state index contributed by atoms with van der Waals surface area (Å²) < 4.78 is 0. The summed E-state index contributed by atoms with van der Waals surface area (Å²) in [6, 6.07) is 8.43. The Labute approximate surface area is 140 Å². The fourth-order valence-electron chi connectivity index (χ4n) is 3.38. The number of hydrogen-bond donors (Lipinski definition) is 2. The quantitative estimate of drug-likeness (QED) is 0.883. The minimum atomic E-state index is -0.984. The maximum absolute atomic E-state index is 12.9. The zero-order chi connectivity index (χ0) is 16.8. The number of rotatable bonds is 2. The fraction of sp³-hybridized carbons (Fsp3) is 0.389. The maximum Gasteiger partial charge on any atom is 0.258 e. The van der Waals surface area contributed by atoms with Crippen molar-refractivity contribution in [2.75, 3.05) is 6.54 Å². The Kier molecular flexibility index (Phi) is 3.98. The number of benzene rings is 2. The molecule has 1 unspecified atom stereocenters. The van der Waals surface area contributed by atoms with Gasteiger partial charge in [0.05, 0.1) is 17.2 Å². The van der Waals surface area contributed by atoms with Gasteiger partial charge in [-0.3, -0.25) is 4.79 Å². The van der Waals surface area contributed by atoms with Crippen LogP contribution >= 0.6 is 11.6 Å². The van der Waals surface area contributed by atoms with E-state index in [0.717, 1.165) is 12.8 Å². The van der Waals surface area contributed by atoms with E-state index in [1.54, 1.807) is 36.9 Å². The summed E-state index contributed by atoms with van der Waals surface area (Å²) in [4.78, 5) is 14.6. The number of fused-ring (bicyclic) bond motifs is 1. The van der Waals surface area contributed by atoms with E-state index in [2.05, 4.69) is 0 Å². The molecule has 0 aromatic heterocycles. The second-order valence-electron chi connectivity index (χ2n) is 6.61. The van der Waals surface area contributed by atoms with Gasteiger partial charge in [-0.05, 0) is 32.8 Å². The van der Waals surface area contributed by atoms with Crippen LogP contribution in [0.2, 0.25) is 5.02 Å². The number of amides is 1. The van der Waals surface area contributed by atoms with E-state index in [9.17, 15) is 15.0 Å². The first-order valence-corrected chi connectivity index (χ1v) is 8.12. The van der Waals surface area contributed by atoms with Gasteiger partial charge in [-0.15, -0.1) is 0 Å². The number of carbonyl (C=O) groups is 1. The van der Waals surface area contributed by atoms with E-state index in [1.807, 2.05) is 6.07 Å². The number of halogens is 1. The van der Waals surface area contributed by atoms with Gasteiger partial charge in [-0.1, -0.05) is 35.9 Å². The molecule has 2 aromatic rings. The third-order valence-electron chi connectivity index (χ3n) is 4.53. The van der Waals surface area contributed by atoms with Gasteiger partial charge in [-0.25, -0.2) is 0 Å². The number of carbonyl (C=O) groups excluding carboxylic acids is 1. The van der Waals surface area contributed by atoms with Crippen LogP contribution in [0.3, 0.4) is 0 Å². The Bertz CT molecular complexity index is 767. The lowest BCUT2D eigenvalue weighted by atomic mass is 9.96. The molecule has 0 saturated carbocycles. The van der Waals surface area contributed by atoms with Crippen LogP contribution in [-0.4, -0.2) is 39.2 Å². The molecule has 2 aromatic carbocycles. The molecule has 0 bridgehead atoms. The molecule has 3 rings (SSSR count). The Morgan fingerprint density at radius 3 is 2.61 bits per heavy atom. The summed E-state index contributed by atoms with van der Waals surface area (Å²) >= 11 is 6.28. The van der Waals surface area contributed by atoms with Crippen LogP contribution in [0.4, 0.5) is 0 Å². The predicted octanol–water partition coefficient (Wildman–Crippen LogP) is 3.57. The van der Waals surface area contributed by atoms with E-state index in [-0.39, 0.29) is 23.3 Å². The van der Waals surface area contributed by atoms with Gasteiger partial charge in [0.15, 0.2) is 0 Å². The number of hydrogen-bond acceptors (Lipinski definition) is 3. The Morgan fingerprint density at radius 2 is 1.96 bits per heavy atom. The highest BCUT2D eigenvalue weighted by molar-refractivity contribution is 6.36. The van der Waals surface area contributed by atoms with Gasteiger partial charge in [-0.2, -0.15) is 0 Å². The molecule has 1 amide bonds. The van der Waals surface area contributed by atoms with Crippen molar-refractivity contribution in [3.05, 3.63) is 40.9 Å². The molecule has 0 spiro atoms. The minimum Gasteiger partial charge on any atom is -0.506 e. The minimum absolute atomic E-state index is 0.0589. The maximum atomic E-state index is 12.9. The smallest absolute Gasteiger partial charge is 0.258 e. The third-order valence-corrected chi connectivity index (χ3v) is 4.84. The number of aliphatic hydroxyl groups is 1. The van der Waals surface area contributed by atoms with E-state index in [0.29, 0.717) is 22.3 Å². The lowest BCUT2D eigenvalue weighted by molar-refractivity contribution is 0.000235. The molecular formula is C18H20ClNO3. The Hall–Kier alpha value is -1.78. The normalized spacial score (nSPS) is 18.6. The second-order valence-corrected chi connectivity index (χ2v) is 7.02. The molecule has 1 atom stereocenters. The van der Waals surface area contributed by atoms with Crippen LogP contribution in [0.25, 0.3) is 10.8 Å². The molecule has 2 N–H and O–H groups in total. The molecule has 23 heavy (non-hydrogen) atoms. The summed E-state index contributed by atoms with van der Waals surface area (Å²) in [5.74, 6) is -0.351. The largest absolute Gasteiger partial charge is 0.506 e. The van der Waals surface area contributed by atoms with E-state index < -0.39 is 5.60 Å². The highest BCUT2D eigenvalue weighted by atomic mass is 35.5. The van der Waals surface area contributed by atoms with Gasteiger partial charge in [0.1, 0.15) is 5.75 Å². The lowest BCUT2D eigenvalue weighted by Gasteiger charge is -2.34. The van der Waals surface area contributed by atoms with Crippen LogP contribution in [0.15, 0.2) is 30.3 Å². The van der Waals surface area contributed by atoms with Crippen molar-refractivity contribution in [3.8, 4) is 5.75 Å². The van der Waals surface area contributed by atoms with E-state index >= 15 is 0 Å². The zero-order valence-electron chi connectivity index (χ0n) is 13.2. The first kappa shape index (κ1) is 16.1. The van der Waals surface area contributed by atoms with Gasteiger partial charge in [0, 0.05) is 22.3 Å². The van der Waals surface area contributed by atoms with Crippen molar-refractivity contribution in [2.45, 2.75) is 38.3 Å². The van der Waals surface area contributed by atoms with Gasteiger partial charge in [0.2, 0.25) is 0 Å². The average molecular weight is 334 g/mol. The molecular weight excluding hydrogens is 314 g/mol. The number of nitrogens with zero attached hydrogens (tertiary/aromatic N) is 1. The molecule has 0 radical (unpaired) electrons. The van der Waals surface area contributed by atoms with Crippen molar-refractivity contribution in [2.24, 2.45) is 0 Å². The van der Waals surface area contributed by atoms with Crippen LogP contribution in [0, 0.1) is 0 Å². The predicted molar refractivity (Wildman–Crippen MR) is 91.0 cm³/mol. The van der Waals surface area contributed by atoms with Gasteiger partial charge in [0.25, 0.3) is 5.91 Å². The highest BCUT2D eigenvalue weighted by Crippen LogP contribution is 2.37.